The first-order valence-electron chi connectivity index (χ1n) is 3.57. The number of rotatable bonds is 2. The van der Waals surface area contributed by atoms with Crippen LogP contribution >= 0.6 is 15.9 Å². The molecule has 1 aromatic heterocycles. The minimum Gasteiger partial charge on any atom is -0.335 e. The number of aromatic nitrogens is 2. The predicted octanol–water partition coefficient (Wildman–Crippen LogP) is 1.83. The number of aromatic amines is 1. The topological polar surface area (TPSA) is 54.7 Å². The van der Waals surface area contributed by atoms with Gasteiger partial charge in [0.05, 0.1) is 12.2 Å². The van der Waals surface area contributed by atoms with Crippen molar-refractivity contribution < 1.29 is 0 Å². The van der Waals surface area contributed by atoms with Gasteiger partial charge in [-0.15, -0.1) is 0 Å². The number of nitrogens with zero attached hydrogens (tertiary/aromatic N) is 1. The van der Waals surface area contributed by atoms with Gasteiger partial charge in [-0.2, -0.15) is 0 Å². The maximum atomic E-state index is 5.84. The van der Waals surface area contributed by atoms with Gasteiger partial charge in [0.2, 0.25) is 0 Å². The van der Waals surface area contributed by atoms with E-state index in [4.69, 9.17) is 5.73 Å². The number of imidazole rings is 1. The lowest BCUT2D eigenvalue weighted by molar-refractivity contribution is 0.493. The zero-order valence-corrected chi connectivity index (χ0v) is 8.22. The fraction of sp³-hybridized carbons (Fsp3) is 0.571. The lowest BCUT2D eigenvalue weighted by Crippen LogP contribution is -2.17. The molecule has 4 heteroatoms. The molecule has 3 nitrogen and oxygen atoms in total. The Morgan fingerprint density at radius 2 is 2.27 bits per heavy atom. The van der Waals surface area contributed by atoms with Gasteiger partial charge >= 0.3 is 0 Å². The predicted molar refractivity (Wildman–Crippen MR) is 48.1 cm³/mol. The van der Waals surface area contributed by atoms with E-state index in [0.717, 1.165) is 10.4 Å². The highest BCUT2D eigenvalue weighted by atomic mass is 79.9. The van der Waals surface area contributed by atoms with Gasteiger partial charge in [0.15, 0.2) is 0 Å². The van der Waals surface area contributed by atoms with E-state index in [1.165, 1.54) is 0 Å². The second-order valence-electron chi connectivity index (χ2n) is 2.89. The molecule has 0 radical (unpaired) electrons. The van der Waals surface area contributed by atoms with Crippen LogP contribution in [0.4, 0.5) is 0 Å². The lowest BCUT2D eigenvalue weighted by atomic mass is 10.1. The van der Waals surface area contributed by atoms with E-state index in [-0.39, 0.29) is 6.04 Å². The third kappa shape index (κ3) is 2.04. The van der Waals surface area contributed by atoms with Crippen LogP contribution in [0.3, 0.4) is 0 Å². The molecule has 0 amide bonds. The van der Waals surface area contributed by atoms with Gasteiger partial charge in [-0.3, -0.25) is 0 Å². The van der Waals surface area contributed by atoms with Gasteiger partial charge in [-0.1, -0.05) is 13.8 Å². The number of hydrogen-bond donors (Lipinski definition) is 2. The van der Waals surface area contributed by atoms with E-state index in [1.807, 2.05) is 0 Å². The molecule has 1 rings (SSSR count). The van der Waals surface area contributed by atoms with Crippen molar-refractivity contribution in [3.63, 3.8) is 0 Å². The average molecular weight is 218 g/mol. The van der Waals surface area contributed by atoms with Crippen molar-refractivity contribution in [2.75, 3.05) is 0 Å². The van der Waals surface area contributed by atoms with E-state index in [0.29, 0.717) is 5.92 Å². The molecule has 0 spiro atoms. The maximum Gasteiger partial charge on any atom is 0.124 e. The summed E-state index contributed by atoms with van der Waals surface area (Å²) in [6, 6.07) is 0.00120. The standard InChI is InChI=1S/C7H12BrN3/c1-4(2)6(9)7-10-3-5(8)11-7/h3-4,6H,9H2,1-2H3,(H,10,11)/t6-/m0/s1. The highest BCUT2D eigenvalue weighted by Crippen LogP contribution is 2.16. The smallest absolute Gasteiger partial charge is 0.124 e. The molecule has 0 aliphatic heterocycles. The molecule has 1 aromatic rings. The Balaban J connectivity index is 2.76. The minimum atomic E-state index is 0.00120. The number of H-pyrrole nitrogens is 1. The molecule has 0 saturated carbocycles. The van der Waals surface area contributed by atoms with Crippen LogP contribution < -0.4 is 5.73 Å². The molecule has 11 heavy (non-hydrogen) atoms. The van der Waals surface area contributed by atoms with Crippen molar-refractivity contribution in [2.24, 2.45) is 11.7 Å². The lowest BCUT2D eigenvalue weighted by Gasteiger charge is -2.11. The minimum absolute atomic E-state index is 0.00120. The molecule has 1 atom stereocenters. The largest absolute Gasteiger partial charge is 0.335 e. The Morgan fingerprint density at radius 1 is 1.64 bits per heavy atom. The summed E-state index contributed by atoms with van der Waals surface area (Å²) in [5.74, 6) is 1.25. The molecule has 0 fully saturated rings. The molecular weight excluding hydrogens is 206 g/mol. The summed E-state index contributed by atoms with van der Waals surface area (Å²) < 4.78 is 0.878. The summed E-state index contributed by atoms with van der Waals surface area (Å²) in [6.07, 6.45) is 1.72. The Morgan fingerprint density at radius 3 is 2.64 bits per heavy atom. The van der Waals surface area contributed by atoms with Crippen molar-refractivity contribution in [3.05, 3.63) is 16.6 Å². The number of nitrogens with two attached hydrogens (primary N) is 1. The number of hydrogen-bond acceptors (Lipinski definition) is 2. The Bertz CT molecular complexity index is 231. The van der Waals surface area contributed by atoms with Crippen molar-refractivity contribution in [1.82, 2.24) is 9.97 Å². The molecule has 3 N–H and O–H groups in total. The van der Waals surface area contributed by atoms with Gasteiger partial charge in [0.1, 0.15) is 10.4 Å². The maximum absolute atomic E-state index is 5.84. The molecule has 62 valence electrons. The Kier molecular flexibility index (Phi) is 2.67. The second kappa shape index (κ2) is 3.36. The van der Waals surface area contributed by atoms with Crippen LogP contribution in [-0.4, -0.2) is 9.97 Å². The van der Waals surface area contributed by atoms with Gasteiger partial charge in [0.25, 0.3) is 0 Å². The van der Waals surface area contributed by atoms with E-state index < -0.39 is 0 Å². The third-order valence-corrected chi connectivity index (χ3v) is 2.00. The zero-order valence-electron chi connectivity index (χ0n) is 6.63. The van der Waals surface area contributed by atoms with E-state index in [1.54, 1.807) is 6.20 Å². The van der Waals surface area contributed by atoms with Crippen LogP contribution in [0.5, 0.6) is 0 Å². The molecule has 0 bridgehead atoms. The summed E-state index contributed by atoms with van der Waals surface area (Å²) in [5.41, 5.74) is 5.84. The first-order valence-corrected chi connectivity index (χ1v) is 4.36. The first-order chi connectivity index (χ1) is 5.11. The van der Waals surface area contributed by atoms with Crippen molar-refractivity contribution in [1.29, 1.82) is 0 Å². The number of halogens is 1. The summed E-state index contributed by atoms with van der Waals surface area (Å²) in [7, 11) is 0. The fourth-order valence-electron chi connectivity index (χ4n) is 0.798. The van der Waals surface area contributed by atoms with Crippen molar-refractivity contribution >= 4 is 15.9 Å². The van der Waals surface area contributed by atoms with Gasteiger partial charge in [-0.05, 0) is 21.8 Å². The second-order valence-corrected chi connectivity index (χ2v) is 3.74. The summed E-state index contributed by atoms with van der Waals surface area (Å²) in [5, 5.41) is 0. The third-order valence-electron chi connectivity index (χ3n) is 1.60. The van der Waals surface area contributed by atoms with Gasteiger partial charge < -0.3 is 10.7 Å². The van der Waals surface area contributed by atoms with Gasteiger partial charge in [0, 0.05) is 0 Å². The molecule has 1 heterocycles. The van der Waals surface area contributed by atoms with Crippen LogP contribution in [0.2, 0.25) is 0 Å². The van der Waals surface area contributed by atoms with Gasteiger partial charge in [-0.25, -0.2) is 4.98 Å². The molecule has 0 aliphatic rings. The normalized spacial score (nSPS) is 13.9. The van der Waals surface area contributed by atoms with Crippen LogP contribution in [0.25, 0.3) is 0 Å². The monoisotopic (exact) mass is 217 g/mol. The molecule has 0 aromatic carbocycles. The number of nitrogens with one attached hydrogen (secondary N) is 1. The summed E-state index contributed by atoms with van der Waals surface area (Å²) in [6.45, 7) is 4.14. The summed E-state index contributed by atoms with van der Waals surface area (Å²) in [4.78, 5) is 7.15. The quantitative estimate of drug-likeness (QED) is 0.795. The molecule has 0 unspecified atom stereocenters. The molecular formula is C7H12BrN3. The Labute approximate surface area is 74.5 Å². The highest BCUT2D eigenvalue weighted by Gasteiger charge is 2.12. The average Bonchev–Trinajstić information content (AvgIpc) is 2.34. The van der Waals surface area contributed by atoms with Crippen LogP contribution in [-0.2, 0) is 0 Å². The fourth-order valence-corrected chi connectivity index (χ4v) is 1.10. The van der Waals surface area contributed by atoms with Crippen molar-refractivity contribution in [3.8, 4) is 0 Å². The highest BCUT2D eigenvalue weighted by molar-refractivity contribution is 9.10. The van der Waals surface area contributed by atoms with E-state index in [2.05, 4.69) is 39.7 Å². The molecule has 0 saturated heterocycles. The van der Waals surface area contributed by atoms with Crippen LogP contribution in [0.15, 0.2) is 10.8 Å². The summed E-state index contributed by atoms with van der Waals surface area (Å²) >= 11 is 3.28. The van der Waals surface area contributed by atoms with E-state index in [9.17, 15) is 0 Å². The zero-order chi connectivity index (χ0) is 8.43. The Hall–Kier alpha value is -0.350. The van der Waals surface area contributed by atoms with E-state index >= 15 is 0 Å². The first kappa shape index (κ1) is 8.74. The van der Waals surface area contributed by atoms with Crippen LogP contribution in [0, 0.1) is 5.92 Å². The SMILES string of the molecule is CC(C)[C@H](N)c1ncc(Br)[nH]1. The van der Waals surface area contributed by atoms with Crippen molar-refractivity contribution in [2.45, 2.75) is 19.9 Å². The van der Waals surface area contributed by atoms with Crippen LogP contribution in [0.1, 0.15) is 25.7 Å². The molecule has 0 aliphatic carbocycles.